The number of fused-ring (bicyclic) bond motifs is 1. The van der Waals surface area contributed by atoms with Crippen molar-refractivity contribution in [2.45, 2.75) is 31.8 Å². The molecular weight excluding hydrogens is 344 g/mol. The zero-order chi connectivity index (χ0) is 18.8. The molecule has 1 saturated heterocycles. The lowest BCUT2D eigenvalue weighted by Crippen LogP contribution is -2.33. The van der Waals surface area contributed by atoms with Gasteiger partial charge in [-0.05, 0) is 25.0 Å². The van der Waals surface area contributed by atoms with E-state index in [2.05, 4.69) is 10.3 Å². The van der Waals surface area contributed by atoms with Gasteiger partial charge in [0.2, 0.25) is 0 Å². The van der Waals surface area contributed by atoms with Crippen molar-refractivity contribution < 1.29 is 14.3 Å². The Labute approximate surface area is 158 Å². The average Bonchev–Trinajstić information content (AvgIpc) is 3.22. The summed E-state index contributed by atoms with van der Waals surface area (Å²) in [4.78, 5) is 24.6. The van der Waals surface area contributed by atoms with Gasteiger partial charge in [0.15, 0.2) is 5.82 Å². The van der Waals surface area contributed by atoms with Gasteiger partial charge in [-0.1, -0.05) is 6.07 Å². The molecule has 1 N–H and O–H groups in total. The maximum absolute atomic E-state index is 13.4. The molecule has 7 heteroatoms. The molecule has 1 aromatic carbocycles. The van der Waals surface area contributed by atoms with Crippen molar-refractivity contribution >= 4 is 5.91 Å². The predicted octanol–water partition coefficient (Wildman–Crippen LogP) is 2.12. The minimum Gasteiger partial charge on any atom is -0.496 e. The van der Waals surface area contributed by atoms with E-state index < -0.39 is 0 Å². The van der Waals surface area contributed by atoms with Crippen molar-refractivity contribution in [1.29, 1.82) is 0 Å². The van der Waals surface area contributed by atoms with Crippen LogP contribution in [0.2, 0.25) is 0 Å². The summed E-state index contributed by atoms with van der Waals surface area (Å²) in [6.07, 6.45) is 4.58. The molecule has 2 aromatic rings. The second-order valence-corrected chi connectivity index (χ2v) is 6.82. The summed E-state index contributed by atoms with van der Waals surface area (Å²) in [5.41, 5.74) is 2.69. The second kappa shape index (κ2) is 7.52. The van der Waals surface area contributed by atoms with Crippen LogP contribution in [0.15, 0.2) is 24.4 Å². The molecule has 27 heavy (non-hydrogen) atoms. The van der Waals surface area contributed by atoms with E-state index in [1.807, 2.05) is 17.2 Å². The number of aromatic nitrogens is 2. The number of methoxy groups -OCH3 is 2. The van der Waals surface area contributed by atoms with Crippen LogP contribution in [0.5, 0.6) is 11.5 Å². The fourth-order valence-corrected chi connectivity index (χ4v) is 3.90. The molecule has 1 fully saturated rings. The molecule has 0 saturated carbocycles. The van der Waals surface area contributed by atoms with Gasteiger partial charge < -0.3 is 19.7 Å². The summed E-state index contributed by atoms with van der Waals surface area (Å²) in [7, 11) is 3.13. The Morgan fingerprint density at radius 2 is 2.04 bits per heavy atom. The quantitative estimate of drug-likeness (QED) is 0.891. The van der Waals surface area contributed by atoms with Gasteiger partial charge in [0.1, 0.15) is 17.1 Å². The summed E-state index contributed by atoms with van der Waals surface area (Å²) < 4.78 is 10.8. The molecule has 0 spiro atoms. The molecular formula is C20H24N4O3. The summed E-state index contributed by atoms with van der Waals surface area (Å²) in [6, 6.07) is 5.26. The second-order valence-electron chi connectivity index (χ2n) is 6.82. The van der Waals surface area contributed by atoms with Crippen molar-refractivity contribution in [2.75, 3.05) is 27.3 Å². The number of likely N-dealkylation sites (tertiary alicyclic amines) is 1. The topological polar surface area (TPSA) is 76.6 Å². The number of ether oxygens (including phenoxy) is 2. The van der Waals surface area contributed by atoms with Crippen LogP contribution in [-0.2, 0) is 13.0 Å². The van der Waals surface area contributed by atoms with Crippen LogP contribution in [-0.4, -0.2) is 48.1 Å². The van der Waals surface area contributed by atoms with E-state index in [4.69, 9.17) is 14.5 Å². The Kier molecular flexibility index (Phi) is 4.94. The van der Waals surface area contributed by atoms with Gasteiger partial charge in [-0.25, -0.2) is 9.97 Å². The Morgan fingerprint density at radius 3 is 2.78 bits per heavy atom. The van der Waals surface area contributed by atoms with E-state index in [1.54, 1.807) is 26.4 Å². The number of hydrogen-bond acceptors (Lipinski definition) is 6. The first kappa shape index (κ1) is 17.7. The lowest BCUT2D eigenvalue weighted by molar-refractivity contribution is 0.0722. The summed E-state index contributed by atoms with van der Waals surface area (Å²) >= 11 is 0. The maximum atomic E-state index is 13.4. The van der Waals surface area contributed by atoms with Crippen LogP contribution < -0.4 is 14.8 Å². The number of carbonyl (C=O) groups excluding carboxylic acids is 1. The molecule has 1 unspecified atom stereocenters. The van der Waals surface area contributed by atoms with E-state index in [0.29, 0.717) is 23.6 Å². The number of hydrogen-bond donors (Lipinski definition) is 1. The highest BCUT2D eigenvalue weighted by Crippen LogP contribution is 2.36. The van der Waals surface area contributed by atoms with E-state index in [9.17, 15) is 4.79 Å². The summed E-state index contributed by atoms with van der Waals surface area (Å²) in [5, 5.41) is 3.33. The molecule has 0 bridgehead atoms. The van der Waals surface area contributed by atoms with Crippen LogP contribution in [0.1, 0.15) is 46.3 Å². The van der Waals surface area contributed by atoms with Crippen LogP contribution in [0.4, 0.5) is 0 Å². The minimum atomic E-state index is -0.118. The standard InChI is InChI=1S/C20H24N4O3/c1-26-16-6-3-7-17(27-2)18(16)20(25)24-10-4-5-15(24)19-22-12-13-11-21-9-8-14(13)23-19/h3,6-7,12,15,21H,4-5,8-11H2,1-2H3. The zero-order valence-corrected chi connectivity index (χ0v) is 15.7. The number of nitrogens with zero attached hydrogens (tertiary/aromatic N) is 3. The SMILES string of the molecule is COc1cccc(OC)c1C(=O)N1CCCC1c1ncc2c(n1)CCNC2. The first-order valence-electron chi connectivity index (χ1n) is 9.30. The third-order valence-corrected chi connectivity index (χ3v) is 5.28. The molecule has 142 valence electrons. The van der Waals surface area contributed by atoms with E-state index in [-0.39, 0.29) is 11.9 Å². The molecule has 0 radical (unpaired) electrons. The number of benzene rings is 1. The molecule has 1 aromatic heterocycles. The molecule has 2 aliphatic rings. The Hall–Kier alpha value is -2.67. The third-order valence-electron chi connectivity index (χ3n) is 5.28. The van der Waals surface area contributed by atoms with Gasteiger partial charge in [-0.2, -0.15) is 0 Å². The monoisotopic (exact) mass is 368 g/mol. The third kappa shape index (κ3) is 3.23. The molecule has 7 nitrogen and oxygen atoms in total. The van der Waals surface area contributed by atoms with Crippen molar-refractivity contribution in [3.05, 3.63) is 47.0 Å². The van der Waals surface area contributed by atoms with Gasteiger partial charge in [0.05, 0.1) is 20.3 Å². The van der Waals surface area contributed by atoms with Gasteiger partial charge in [-0.3, -0.25) is 4.79 Å². The first-order chi connectivity index (χ1) is 13.2. The van der Waals surface area contributed by atoms with Crippen molar-refractivity contribution in [1.82, 2.24) is 20.2 Å². The summed E-state index contributed by atoms with van der Waals surface area (Å²) in [6.45, 7) is 2.41. The van der Waals surface area contributed by atoms with Crippen LogP contribution in [0, 0.1) is 0 Å². The normalized spacial score (nSPS) is 18.9. The van der Waals surface area contributed by atoms with Gasteiger partial charge >= 0.3 is 0 Å². The number of nitrogens with one attached hydrogen (secondary N) is 1. The largest absolute Gasteiger partial charge is 0.496 e. The van der Waals surface area contributed by atoms with Crippen LogP contribution >= 0.6 is 0 Å². The number of rotatable bonds is 4. The van der Waals surface area contributed by atoms with E-state index >= 15 is 0 Å². The highest BCUT2D eigenvalue weighted by molar-refractivity contribution is 6.00. The van der Waals surface area contributed by atoms with E-state index in [1.165, 1.54) is 0 Å². The highest BCUT2D eigenvalue weighted by atomic mass is 16.5. The maximum Gasteiger partial charge on any atom is 0.262 e. The first-order valence-corrected chi connectivity index (χ1v) is 9.30. The zero-order valence-electron chi connectivity index (χ0n) is 15.7. The van der Waals surface area contributed by atoms with Gasteiger partial charge in [0, 0.05) is 43.5 Å². The smallest absolute Gasteiger partial charge is 0.262 e. The van der Waals surface area contributed by atoms with Crippen LogP contribution in [0.25, 0.3) is 0 Å². The lowest BCUT2D eigenvalue weighted by Gasteiger charge is -2.26. The van der Waals surface area contributed by atoms with Gasteiger partial charge in [-0.15, -0.1) is 0 Å². The van der Waals surface area contributed by atoms with Gasteiger partial charge in [0.25, 0.3) is 5.91 Å². The molecule has 0 aliphatic carbocycles. The Morgan fingerprint density at radius 1 is 1.26 bits per heavy atom. The molecule has 4 rings (SSSR count). The van der Waals surface area contributed by atoms with Crippen LogP contribution in [0.3, 0.4) is 0 Å². The number of carbonyl (C=O) groups is 1. The predicted molar refractivity (Wildman–Crippen MR) is 100 cm³/mol. The fourth-order valence-electron chi connectivity index (χ4n) is 3.90. The molecule has 2 aliphatic heterocycles. The average molecular weight is 368 g/mol. The van der Waals surface area contributed by atoms with Crippen molar-refractivity contribution in [3.8, 4) is 11.5 Å². The van der Waals surface area contributed by atoms with E-state index in [0.717, 1.165) is 49.4 Å². The lowest BCUT2D eigenvalue weighted by atomic mass is 10.1. The van der Waals surface area contributed by atoms with Crippen molar-refractivity contribution in [3.63, 3.8) is 0 Å². The number of amides is 1. The summed E-state index contributed by atoms with van der Waals surface area (Å²) in [5.74, 6) is 1.66. The fraction of sp³-hybridized carbons (Fsp3) is 0.450. The minimum absolute atomic E-state index is 0.102. The Bertz CT molecular complexity index is 833. The van der Waals surface area contributed by atoms with Crippen molar-refractivity contribution in [2.24, 2.45) is 0 Å². The molecule has 1 atom stereocenters. The molecule has 3 heterocycles. The Balaban J connectivity index is 1.67. The molecule has 1 amide bonds. The highest BCUT2D eigenvalue weighted by Gasteiger charge is 2.35.